The van der Waals surface area contributed by atoms with Crippen LogP contribution in [0.5, 0.6) is 11.5 Å². The predicted octanol–water partition coefficient (Wildman–Crippen LogP) is 4.96. The molecule has 0 bridgehead atoms. The van der Waals surface area contributed by atoms with Gasteiger partial charge >= 0.3 is 5.69 Å². The molecule has 3 aromatic rings. The highest BCUT2D eigenvalue weighted by atomic mass is 32.1. The summed E-state index contributed by atoms with van der Waals surface area (Å²) >= 11 is 1.42. The van der Waals surface area contributed by atoms with E-state index in [9.17, 15) is 10.1 Å². The lowest BCUT2D eigenvalue weighted by Crippen LogP contribution is -2.03. The number of benzene rings is 2. The van der Waals surface area contributed by atoms with Crippen LogP contribution in [0.2, 0.25) is 0 Å². The lowest BCUT2D eigenvalue weighted by Gasteiger charge is -2.11. The average molecular weight is 412 g/mol. The van der Waals surface area contributed by atoms with E-state index in [0.29, 0.717) is 17.3 Å². The molecule has 0 saturated heterocycles. The number of anilines is 1. The van der Waals surface area contributed by atoms with E-state index in [1.807, 2.05) is 42.6 Å². The van der Waals surface area contributed by atoms with E-state index in [-0.39, 0.29) is 17.2 Å². The SMILES string of the molecule is CCCOc1c(OC)cc(/C=N\Nc2nc(-c3ccccc3)cs2)cc1[N+](=O)[O-]. The van der Waals surface area contributed by atoms with Crippen molar-refractivity contribution >= 4 is 28.4 Å². The van der Waals surface area contributed by atoms with Crippen molar-refractivity contribution in [3.8, 4) is 22.8 Å². The van der Waals surface area contributed by atoms with Gasteiger partial charge in [-0.1, -0.05) is 37.3 Å². The summed E-state index contributed by atoms with van der Waals surface area (Å²) in [6.07, 6.45) is 2.20. The summed E-state index contributed by atoms with van der Waals surface area (Å²) in [6.45, 7) is 2.28. The number of nitrogens with zero attached hydrogens (tertiary/aromatic N) is 3. The number of nitro groups is 1. The minimum Gasteiger partial charge on any atom is -0.493 e. The van der Waals surface area contributed by atoms with Crippen molar-refractivity contribution in [3.63, 3.8) is 0 Å². The standard InChI is InChI=1S/C20H20N4O4S/c1-3-9-28-19-17(24(25)26)10-14(11-18(19)27-2)12-21-23-20-22-16(13-29-20)15-7-5-4-6-8-15/h4-8,10-13H,3,9H2,1-2H3,(H,22,23)/b21-12-. The molecule has 0 atom stereocenters. The quantitative estimate of drug-likeness (QED) is 0.303. The van der Waals surface area contributed by atoms with Crippen LogP contribution < -0.4 is 14.9 Å². The number of hydrazone groups is 1. The fraction of sp³-hybridized carbons (Fsp3) is 0.200. The Hall–Kier alpha value is -3.46. The van der Waals surface area contributed by atoms with Crippen molar-refractivity contribution in [3.05, 3.63) is 63.5 Å². The molecule has 0 amide bonds. The molecule has 0 unspecified atom stereocenters. The van der Waals surface area contributed by atoms with Gasteiger partial charge in [0.2, 0.25) is 10.9 Å². The molecule has 8 nitrogen and oxygen atoms in total. The van der Waals surface area contributed by atoms with Gasteiger partial charge in [-0.3, -0.25) is 15.5 Å². The second-order valence-electron chi connectivity index (χ2n) is 5.95. The van der Waals surface area contributed by atoms with Crippen molar-refractivity contribution in [1.82, 2.24) is 4.98 Å². The van der Waals surface area contributed by atoms with Crippen molar-refractivity contribution in [1.29, 1.82) is 0 Å². The number of aromatic nitrogens is 1. The van der Waals surface area contributed by atoms with Crippen LogP contribution in [0.15, 0.2) is 52.9 Å². The van der Waals surface area contributed by atoms with Crippen molar-refractivity contribution in [2.75, 3.05) is 19.1 Å². The third kappa shape index (κ3) is 5.08. The Bertz CT molecular complexity index is 1000. The van der Waals surface area contributed by atoms with Crippen LogP contribution in [0, 0.1) is 10.1 Å². The van der Waals surface area contributed by atoms with E-state index >= 15 is 0 Å². The molecule has 1 N–H and O–H groups in total. The topological polar surface area (TPSA) is 98.9 Å². The number of nitro benzene ring substituents is 1. The predicted molar refractivity (Wildman–Crippen MR) is 114 cm³/mol. The summed E-state index contributed by atoms with van der Waals surface area (Å²) in [5.41, 5.74) is 5.06. The van der Waals surface area contributed by atoms with Crippen LogP contribution in [-0.4, -0.2) is 29.8 Å². The molecule has 1 aromatic heterocycles. The first-order valence-corrected chi connectivity index (χ1v) is 9.79. The van der Waals surface area contributed by atoms with Crippen LogP contribution in [0.25, 0.3) is 11.3 Å². The molecule has 0 aliphatic rings. The Kier molecular flexibility index (Phi) is 6.75. The fourth-order valence-corrected chi connectivity index (χ4v) is 3.22. The number of methoxy groups -OCH3 is 1. The monoisotopic (exact) mass is 412 g/mol. The van der Waals surface area contributed by atoms with Gasteiger partial charge in [-0.25, -0.2) is 4.98 Å². The van der Waals surface area contributed by atoms with Gasteiger partial charge in [0.05, 0.1) is 30.5 Å². The molecule has 0 saturated carbocycles. The van der Waals surface area contributed by atoms with Crippen LogP contribution >= 0.6 is 11.3 Å². The molecule has 150 valence electrons. The first-order chi connectivity index (χ1) is 14.1. The van der Waals surface area contributed by atoms with E-state index < -0.39 is 4.92 Å². The van der Waals surface area contributed by atoms with Crippen molar-refractivity contribution in [2.45, 2.75) is 13.3 Å². The summed E-state index contributed by atoms with van der Waals surface area (Å²) < 4.78 is 10.8. The van der Waals surface area contributed by atoms with Gasteiger partial charge < -0.3 is 9.47 Å². The van der Waals surface area contributed by atoms with E-state index in [2.05, 4.69) is 15.5 Å². The van der Waals surface area contributed by atoms with Gasteiger partial charge in [-0.05, 0) is 12.5 Å². The van der Waals surface area contributed by atoms with Crippen LogP contribution in [0.1, 0.15) is 18.9 Å². The van der Waals surface area contributed by atoms with E-state index in [1.54, 1.807) is 6.07 Å². The summed E-state index contributed by atoms with van der Waals surface area (Å²) in [5, 5.41) is 18.1. The number of nitrogens with one attached hydrogen (secondary N) is 1. The minimum atomic E-state index is -0.495. The second kappa shape index (κ2) is 9.65. The van der Waals surface area contributed by atoms with Gasteiger partial charge in [-0.2, -0.15) is 5.10 Å². The van der Waals surface area contributed by atoms with Gasteiger partial charge in [0.25, 0.3) is 0 Å². The van der Waals surface area contributed by atoms with E-state index in [4.69, 9.17) is 9.47 Å². The largest absolute Gasteiger partial charge is 0.493 e. The second-order valence-corrected chi connectivity index (χ2v) is 6.81. The highest BCUT2D eigenvalue weighted by Gasteiger charge is 2.21. The van der Waals surface area contributed by atoms with Crippen LogP contribution in [-0.2, 0) is 0 Å². The van der Waals surface area contributed by atoms with Crippen molar-refractivity contribution in [2.24, 2.45) is 5.10 Å². The minimum absolute atomic E-state index is 0.122. The summed E-state index contributed by atoms with van der Waals surface area (Å²) in [4.78, 5) is 15.4. The third-order valence-electron chi connectivity index (χ3n) is 3.87. The molecular formula is C20H20N4O4S. The zero-order valence-electron chi connectivity index (χ0n) is 16.0. The Morgan fingerprint density at radius 3 is 2.79 bits per heavy atom. The molecular weight excluding hydrogens is 392 g/mol. The normalized spacial score (nSPS) is 10.8. The first-order valence-electron chi connectivity index (χ1n) is 8.91. The Morgan fingerprint density at radius 1 is 1.31 bits per heavy atom. The van der Waals surface area contributed by atoms with E-state index in [0.717, 1.165) is 17.7 Å². The van der Waals surface area contributed by atoms with Gasteiger partial charge in [0.15, 0.2) is 5.75 Å². The smallest absolute Gasteiger partial charge is 0.315 e. The molecule has 9 heteroatoms. The van der Waals surface area contributed by atoms with Crippen LogP contribution in [0.4, 0.5) is 10.8 Å². The zero-order valence-corrected chi connectivity index (χ0v) is 16.8. The first kappa shape index (κ1) is 20.3. The molecule has 0 radical (unpaired) electrons. The van der Waals surface area contributed by atoms with Crippen LogP contribution in [0.3, 0.4) is 0 Å². The molecule has 0 aliphatic heterocycles. The van der Waals surface area contributed by atoms with Crippen molar-refractivity contribution < 1.29 is 14.4 Å². The lowest BCUT2D eigenvalue weighted by atomic mass is 10.2. The zero-order chi connectivity index (χ0) is 20.6. The Balaban J connectivity index is 1.77. The van der Waals surface area contributed by atoms with Gasteiger partial charge in [0, 0.05) is 22.6 Å². The molecule has 29 heavy (non-hydrogen) atoms. The lowest BCUT2D eigenvalue weighted by molar-refractivity contribution is -0.386. The number of thiazole rings is 1. The Labute approximate surface area is 172 Å². The third-order valence-corrected chi connectivity index (χ3v) is 4.62. The number of hydrogen-bond donors (Lipinski definition) is 1. The molecule has 0 spiro atoms. The summed E-state index contributed by atoms with van der Waals surface area (Å²) in [6, 6.07) is 12.9. The highest BCUT2D eigenvalue weighted by molar-refractivity contribution is 7.14. The van der Waals surface area contributed by atoms with Gasteiger partial charge in [0.1, 0.15) is 0 Å². The maximum Gasteiger partial charge on any atom is 0.315 e. The fourth-order valence-electron chi connectivity index (χ4n) is 2.55. The van der Waals surface area contributed by atoms with Gasteiger partial charge in [-0.15, -0.1) is 11.3 Å². The maximum atomic E-state index is 11.4. The Morgan fingerprint density at radius 2 is 2.10 bits per heavy atom. The number of hydrogen-bond acceptors (Lipinski definition) is 8. The van der Waals surface area contributed by atoms with E-state index in [1.165, 1.54) is 30.7 Å². The molecule has 0 fully saturated rings. The summed E-state index contributed by atoms with van der Waals surface area (Å²) in [7, 11) is 1.44. The number of ether oxygens (including phenoxy) is 2. The molecule has 3 rings (SSSR count). The summed E-state index contributed by atoms with van der Waals surface area (Å²) in [5.74, 6) is 0.409. The average Bonchev–Trinajstić information content (AvgIpc) is 3.21. The number of rotatable bonds is 9. The molecule has 0 aliphatic carbocycles. The highest BCUT2D eigenvalue weighted by Crippen LogP contribution is 2.38. The maximum absolute atomic E-state index is 11.4. The molecule has 2 aromatic carbocycles. The molecule has 1 heterocycles.